The van der Waals surface area contributed by atoms with Gasteiger partial charge in [-0.15, -0.1) is 0 Å². The summed E-state index contributed by atoms with van der Waals surface area (Å²) in [6, 6.07) is 0. The summed E-state index contributed by atoms with van der Waals surface area (Å²) in [5, 5.41) is 2.44. The Kier molecular flexibility index (Phi) is 4.26. The zero-order chi connectivity index (χ0) is 6.41. The van der Waals surface area contributed by atoms with Crippen LogP contribution in [0, 0.1) is 0 Å². The first-order valence-corrected chi connectivity index (χ1v) is 2.59. The molecule has 0 bridgehead atoms. The van der Waals surface area contributed by atoms with Crippen LogP contribution in [0.2, 0.25) is 0 Å². The Morgan fingerprint density at radius 2 is 2.38 bits per heavy atom. The zero-order valence-electron chi connectivity index (χ0n) is 5.23. The summed E-state index contributed by atoms with van der Waals surface area (Å²) < 4.78 is 4.77. The van der Waals surface area contributed by atoms with Crippen molar-refractivity contribution in [3.8, 4) is 0 Å². The fourth-order valence-electron chi connectivity index (χ4n) is 0.267. The number of nitrogens with one attached hydrogen (secondary N) is 1. The third-order valence-corrected chi connectivity index (χ3v) is 0.716. The monoisotopic (exact) mass is 117 g/mol. The van der Waals surface area contributed by atoms with Gasteiger partial charge in [0.25, 0.3) is 0 Å². The summed E-state index contributed by atoms with van der Waals surface area (Å²) in [6.07, 6.45) is 0. The molecule has 0 aliphatic carbocycles. The second-order valence-corrected chi connectivity index (χ2v) is 1.31. The van der Waals surface area contributed by atoms with Crippen LogP contribution in [-0.2, 0) is 9.53 Å². The summed E-state index contributed by atoms with van der Waals surface area (Å²) >= 11 is 0. The number of hydrogen-bond donors (Lipinski definition) is 1. The summed E-state index contributed by atoms with van der Waals surface area (Å²) in [4.78, 5) is 10.3. The van der Waals surface area contributed by atoms with Crippen LogP contribution in [0.5, 0.6) is 0 Å². The van der Waals surface area contributed by atoms with Gasteiger partial charge in [-0.3, -0.25) is 4.79 Å². The Morgan fingerprint density at radius 1 is 1.75 bits per heavy atom. The molecule has 3 nitrogen and oxygen atoms in total. The van der Waals surface area contributed by atoms with Crippen molar-refractivity contribution in [2.75, 3.05) is 20.3 Å². The summed E-state index contributed by atoms with van der Waals surface area (Å²) in [5.41, 5.74) is 0. The molecule has 3 heteroatoms. The molecule has 1 N–H and O–H groups in total. The van der Waals surface area contributed by atoms with E-state index in [2.05, 4.69) is 5.32 Å². The highest BCUT2D eigenvalue weighted by Gasteiger charge is 1.92. The van der Waals surface area contributed by atoms with Crippen LogP contribution < -0.4 is 5.32 Å². The van der Waals surface area contributed by atoms with Gasteiger partial charge in [0.1, 0.15) is 6.61 Å². The highest BCUT2D eigenvalue weighted by molar-refractivity contribution is 5.76. The number of rotatable bonds is 3. The molecule has 0 aromatic heterocycles. The van der Waals surface area contributed by atoms with E-state index in [1.165, 1.54) is 0 Å². The second kappa shape index (κ2) is 4.59. The number of ether oxygens (including phenoxy) is 1. The number of amides is 1. The second-order valence-electron chi connectivity index (χ2n) is 1.31. The molecule has 0 saturated heterocycles. The normalized spacial score (nSPS) is 8.75. The Hall–Kier alpha value is -0.570. The van der Waals surface area contributed by atoms with Crippen LogP contribution >= 0.6 is 0 Å². The SMILES string of the molecule is CCOCC(=O)NC. The lowest BCUT2D eigenvalue weighted by molar-refractivity contribution is -0.125. The quantitative estimate of drug-likeness (QED) is 0.554. The van der Waals surface area contributed by atoms with Crippen molar-refractivity contribution in [3.05, 3.63) is 0 Å². The van der Waals surface area contributed by atoms with Crippen LogP contribution in [-0.4, -0.2) is 26.2 Å². The molecule has 0 aliphatic heterocycles. The molecule has 8 heavy (non-hydrogen) atoms. The maximum atomic E-state index is 10.3. The lowest BCUT2D eigenvalue weighted by Gasteiger charge is -1.96. The average molecular weight is 117 g/mol. The standard InChI is InChI=1S/C5H11NO2/c1-3-8-4-5(7)6-2/h3-4H2,1-2H3,(H,6,7). The predicted octanol–water partition coefficient (Wildman–Crippen LogP) is -0.231. The molecule has 0 aromatic carbocycles. The van der Waals surface area contributed by atoms with Crippen molar-refractivity contribution in [1.29, 1.82) is 0 Å². The van der Waals surface area contributed by atoms with E-state index in [0.717, 1.165) is 0 Å². The van der Waals surface area contributed by atoms with E-state index in [9.17, 15) is 4.79 Å². The number of carbonyl (C=O) groups excluding carboxylic acids is 1. The molecule has 0 atom stereocenters. The van der Waals surface area contributed by atoms with Crippen LogP contribution in [0.15, 0.2) is 0 Å². The van der Waals surface area contributed by atoms with Crippen LogP contribution in [0.25, 0.3) is 0 Å². The van der Waals surface area contributed by atoms with Crippen molar-refractivity contribution in [3.63, 3.8) is 0 Å². The van der Waals surface area contributed by atoms with E-state index in [1.54, 1.807) is 7.05 Å². The lowest BCUT2D eigenvalue weighted by Crippen LogP contribution is -2.23. The van der Waals surface area contributed by atoms with E-state index in [1.807, 2.05) is 6.92 Å². The Balaban J connectivity index is 2.99. The highest BCUT2D eigenvalue weighted by Crippen LogP contribution is 1.70. The first kappa shape index (κ1) is 7.43. The minimum Gasteiger partial charge on any atom is -0.372 e. The molecule has 0 fully saturated rings. The van der Waals surface area contributed by atoms with E-state index in [0.29, 0.717) is 6.61 Å². The summed E-state index contributed by atoms with van der Waals surface area (Å²) in [5.74, 6) is -0.0770. The Labute approximate surface area is 49.0 Å². The molecule has 0 unspecified atom stereocenters. The van der Waals surface area contributed by atoms with Gasteiger partial charge in [-0.1, -0.05) is 0 Å². The molecule has 0 aliphatic rings. The predicted molar refractivity (Wildman–Crippen MR) is 30.6 cm³/mol. The van der Waals surface area contributed by atoms with Crippen molar-refractivity contribution in [2.24, 2.45) is 0 Å². The minimum absolute atomic E-state index is 0.0770. The number of likely N-dealkylation sites (N-methyl/N-ethyl adjacent to an activating group) is 1. The molecule has 0 aromatic rings. The van der Waals surface area contributed by atoms with Gasteiger partial charge < -0.3 is 10.1 Å². The average Bonchev–Trinajstić information content (AvgIpc) is 1.83. The topological polar surface area (TPSA) is 38.3 Å². The third kappa shape index (κ3) is 3.61. The van der Waals surface area contributed by atoms with Gasteiger partial charge in [0.2, 0.25) is 5.91 Å². The molecule has 48 valence electrons. The summed E-state index contributed by atoms with van der Waals surface area (Å²) in [7, 11) is 1.58. The van der Waals surface area contributed by atoms with Crippen LogP contribution in [0.1, 0.15) is 6.92 Å². The fourth-order valence-corrected chi connectivity index (χ4v) is 0.267. The van der Waals surface area contributed by atoms with Gasteiger partial charge in [-0.05, 0) is 6.92 Å². The van der Waals surface area contributed by atoms with E-state index in [4.69, 9.17) is 4.74 Å². The minimum atomic E-state index is -0.0770. The molecule has 0 spiro atoms. The smallest absolute Gasteiger partial charge is 0.245 e. The van der Waals surface area contributed by atoms with Gasteiger partial charge in [-0.25, -0.2) is 0 Å². The fraction of sp³-hybridized carbons (Fsp3) is 0.800. The maximum Gasteiger partial charge on any atom is 0.245 e. The molecule has 0 saturated carbocycles. The van der Waals surface area contributed by atoms with Crippen molar-refractivity contribution >= 4 is 5.91 Å². The highest BCUT2D eigenvalue weighted by atomic mass is 16.5. The van der Waals surface area contributed by atoms with Crippen molar-refractivity contribution < 1.29 is 9.53 Å². The number of carbonyl (C=O) groups is 1. The molecular weight excluding hydrogens is 106 g/mol. The van der Waals surface area contributed by atoms with E-state index in [-0.39, 0.29) is 12.5 Å². The maximum absolute atomic E-state index is 10.3. The third-order valence-electron chi connectivity index (χ3n) is 0.716. The Bertz CT molecular complexity index is 72.8. The summed E-state index contributed by atoms with van der Waals surface area (Å²) in [6.45, 7) is 2.61. The first-order chi connectivity index (χ1) is 3.81. The zero-order valence-corrected chi connectivity index (χ0v) is 5.23. The Morgan fingerprint density at radius 3 is 2.75 bits per heavy atom. The number of hydrogen-bond acceptors (Lipinski definition) is 2. The molecule has 0 rings (SSSR count). The van der Waals surface area contributed by atoms with Crippen LogP contribution in [0.4, 0.5) is 0 Å². The van der Waals surface area contributed by atoms with Gasteiger partial charge >= 0.3 is 0 Å². The van der Waals surface area contributed by atoms with Gasteiger partial charge in [0.05, 0.1) is 0 Å². The van der Waals surface area contributed by atoms with E-state index >= 15 is 0 Å². The first-order valence-electron chi connectivity index (χ1n) is 2.59. The van der Waals surface area contributed by atoms with E-state index < -0.39 is 0 Å². The van der Waals surface area contributed by atoms with Gasteiger partial charge in [0, 0.05) is 13.7 Å². The van der Waals surface area contributed by atoms with Gasteiger partial charge in [-0.2, -0.15) is 0 Å². The molecule has 1 amide bonds. The lowest BCUT2D eigenvalue weighted by atomic mass is 10.6. The van der Waals surface area contributed by atoms with Crippen LogP contribution in [0.3, 0.4) is 0 Å². The molecule has 0 radical (unpaired) electrons. The molecule has 0 heterocycles. The van der Waals surface area contributed by atoms with Crippen molar-refractivity contribution in [1.82, 2.24) is 5.32 Å². The largest absolute Gasteiger partial charge is 0.372 e. The van der Waals surface area contributed by atoms with Gasteiger partial charge in [0.15, 0.2) is 0 Å². The van der Waals surface area contributed by atoms with Crippen molar-refractivity contribution in [2.45, 2.75) is 6.92 Å². The molecular formula is C5H11NO2.